The Labute approximate surface area is 115 Å². The molecule has 0 amide bonds. The van der Waals surface area contributed by atoms with Gasteiger partial charge in [-0.05, 0) is 45.6 Å². The predicted molar refractivity (Wildman–Crippen MR) is 75.7 cm³/mol. The lowest BCUT2D eigenvalue weighted by Gasteiger charge is -2.51. The van der Waals surface area contributed by atoms with Crippen molar-refractivity contribution in [2.45, 2.75) is 51.2 Å². The van der Waals surface area contributed by atoms with E-state index in [-0.39, 0.29) is 11.1 Å². The minimum absolute atomic E-state index is 0.160. The minimum atomic E-state index is 0.160. The van der Waals surface area contributed by atoms with Gasteiger partial charge >= 0.3 is 0 Å². The number of piperazine rings is 1. The number of aromatic nitrogens is 2. The van der Waals surface area contributed by atoms with Crippen LogP contribution >= 0.6 is 0 Å². The fourth-order valence-corrected chi connectivity index (χ4v) is 3.04. The van der Waals surface area contributed by atoms with Gasteiger partial charge in [0.25, 0.3) is 0 Å². The third-order valence-electron chi connectivity index (χ3n) is 4.73. The monoisotopic (exact) mass is 260 g/mol. The maximum atomic E-state index is 4.37. The van der Waals surface area contributed by atoms with Crippen LogP contribution in [0.25, 0.3) is 0 Å². The molecule has 2 fully saturated rings. The van der Waals surface area contributed by atoms with Crippen molar-refractivity contribution in [2.75, 3.05) is 13.1 Å². The molecule has 4 nitrogen and oxygen atoms in total. The van der Waals surface area contributed by atoms with E-state index in [2.05, 4.69) is 41.0 Å². The highest BCUT2D eigenvalue weighted by Crippen LogP contribution is 2.42. The molecule has 1 aliphatic carbocycles. The first-order valence-corrected chi connectivity index (χ1v) is 7.26. The molecule has 1 unspecified atom stereocenters. The van der Waals surface area contributed by atoms with Gasteiger partial charge in [-0.3, -0.25) is 4.90 Å². The lowest BCUT2D eigenvalue weighted by Crippen LogP contribution is -2.67. The van der Waals surface area contributed by atoms with Gasteiger partial charge in [0.15, 0.2) is 0 Å². The van der Waals surface area contributed by atoms with Crippen molar-refractivity contribution >= 4 is 0 Å². The molecule has 19 heavy (non-hydrogen) atoms. The van der Waals surface area contributed by atoms with E-state index in [9.17, 15) is 0 Å². The summed E-state index contributed by atoms with van der Waals surface area (Å²) in [4.78, 5) is 11.3. The highest BCUT2D eigenvalue weighted by molar-refractivity contribution is 5.07. The molecule has 1 saturated heterocycles. The Bertz CT molecular complexity index is 441. The quantitative estimate of drug-likeness (QED) is 0.900. The standard InChI is InChI=1S/C15H24N4/c1-14(2)10-18-15(3,12-5-6-12)11-19(14)9-13-16-7-4-8-17-13/h4,7-8,12,18H,5-6,9-11H2,1-3H3. The molecule has 104 valence electrons. The highest BCUT2D eigenvalue weighted by Gasteiger charge is 2.48. The first-order chi connectivity index (χ1) is 9.00. The molecule has 0 radical (unpaired) electrons. The zero-order valence-corrected chi connectivity index (χ0v) is 12.2. The molecule has 0 spiro atoms. The van der Waals surface area contributed by atoms with Crippen LogP contribution in [-0.4, -0.2) is 39.0 Å². The summed E-state index contributed by atoms with van der Waals surface area (Å²) >= 11 is 0. The average molecular weight is 260 g/mol. The van der Waals surface area contributed by atoms with E-state index in [0.717, 1.165) is 31.4 Å². The van der Waals surface area contributed by atoms with E-state index in [1.54, 1.807) is 0 Å². The number of hydrogen-bond acceptors (Lipinski definition) is 4. The molecule has 3 rings (SSSR count). The van der Waals surface area contributed by atoms with Gasteiger partial charge in [0.05, 0.1) is 6.54 Å². The van der Waals surface area contributed by atoms with Crippen LogP contribution < -0.4 is 5.32 Å². The number of hydrogen-bond donors (Lipinski definition) is 1. The van der Waals surface area contributed by atoms with Crippen LogP contribution in [0.15, 0.2) is 18.5 Å². The second-order valence-electron chi connectivity index (χ2n) is 6.88. The molecular weight excluding hydrogens is 236 g/mol. The molecule has 1 saturated carbocycles. The van der Waals surface area contributed by atoms with Crippen LogP contribution in [0, 0.1) is 5.92 Å². The summed E-state index contributed by atoms with van der Waals surface area (Å²) in [7, 11) is 0. The van der Waals surface area contributed by atoms with E-state index < -0.39 is 0 Å². The molecule has 1 atom stereocenters. The fourth-order valence-electron chi connectivity index (χ4n) is 3.04. The molecular formula is C15H24N4. The Morgan fingerprint density at radius 3 is 2.58 bits per heavy atom. The molecule has 1 aromatic heterocycles. The second-order valence-corrected chi connectivity index (χ2v) is 6.88. The first-order valence-electron chi connectivity index (χ1n) is 7.26. The summed E-state index contributed by atoms with van der Waals surface area (Å²) in [6, 6.07) is 1.88. The molecule has 1 aliphatic heterocycles. The van der Waals surface area contributed by atoms with Crippen molar-refractivity contribution < 1.29 is 0 Å². The molecule has 2 heterocycles. The molecule has 1 aromatic rings. The van der Waals surface area contributed by atoms with Gasteiger partial charge in [0.2, 0.25) is 0 Å². The third-order valence-corrected chi connectivity index (χ3v) is 4.73. The Hall–Kier alpha value is -1.00. The molecule has 4 heteroatoms. The van der Waals surface area contributed by atoms with Crippen LogP contribution in [0.1, 0.15) is 39.4 Å². The van der Waals surface area contributed by atoms with Crippen LogP contribution in [0.3, 0.4) is 0 Å². The normalized spacial score (nSPS) is 31.3. The minimum Gasteiger partial charge on any atom is -0.308 e. The highest BCUT2D eigenvalue weighted by atomic mass is 15.3. The van der Waals surface area contributed by atoms with E-state index in [1.807, 2.05) is 18.5 Å². The van der Waals surface area contributed by atoms with Crippen LogP contribution in [0.4, 0.5) is 0 Å². The van der Waals surface area contributed by atoms with Crippen LogP contribution in [-0.2, 0) is 6.54 Å². The van der Waals surface area contributed by atoms with Crippen molar-refractivity contribution in [1.82, 2.24) is 20.2 Å². The third kappa shape index (κ3) is 2.65. The summed E-state index contributed by atoms with van der Waals surface area (Å²) in [6.45, 7) is 9.94. The van der Waals surface area contributed by atoms with E-state index in [1.165, 1.54) is 12.8 Å². The lowest BCUT2D eigenvalue weighted by molar-refractivity contribution is 0.0159. The fraction of sp³-hybridized carbons (Fsp3) is 0.733. The molecule has 0 aromatic carbocycles. The van der Waals surface area contributed by atoms with Crippen molar-refractivity contribution in [3.8, 4) is 0 Å². The van der Waals surface area contributed by atoms with E-state index in [4.69, 9.17) is 0 Å². The van der Waals surface area contributed by atoms with Gasteiger partial charge in [0.1, 0.15) is 5.82 Å². The van der Waals surface area contributed by atoms with Crippen molar-refractivity contribution in [1.29, 1.82) is 0 Å². The topological polar surface area (TPSA) is 41.1 Å². The van der Waals surface area contributed by atoms with Crippen molar-refractivity contribution in [3.63, 3.8) is 0 Å². The summed E-state index contributed by atoms with van der Waals surface area (Å²) < 4.78 is 0. The van der Waals surface area contributed by atoms with Gasteiger partial charge < -0.3 is 5.32 Å². The van der Waals surface area contributed by atoms with Gasteiger partial charge in [-0.25, -0.2) is 9.97 Å². The number of nitrogens with one attached hydrogen (secondary N) is 1. The Morgan fingerprint density at radius 1 is 1.26 bits per heavy atom. The summed E-state index contributed by atoms with van der Waals surface area (Å²) in [5.41, 5.74) is 0.428. The maximum absolute atomic E-state index is 4.37. The Kier molecular flexibility index (Phi) is 3.10. The smallest absolute Gasteiger partial charge is 0.142 e. The molecule has 2 aliphatic rings. The summed E-state index contributed by atoms with van der Waals surface area (Å²) in [5, 5.41) is 3.78. The first kappa shape index (κ1) is 13.0. The predicted octanol–water partition coefficient (Wildman–Crippen LogP) is 1.83. The van der Waals surface area contributed by atoms with Crippen molar-refractivity contribution in [2.24, 2.45) is 5.92 Å². The van der Waals surface area contributed by atoms with Crippen LogP contribution in [0.2, 0.25) is 0 Å². The summed E-state index contributed by atoms with van der Waals surface area (Å²) in [5.74, 6) is 1.78. The van der Waals surface area contributed by atoms with E-state index in [0.29, 0.717) is 0 Å². The number of rotatable bonds is 3. The van der Waals surface area contributed by atoms with Gasteiger partial charge in [-0.1, -0.05) is 0 Å². The maximum Gasteiger partial charge on any atom is 0.142 e. The van der Waals surface area contributed by atoms with E-state index >= 15 is 0 Å². The zero-order chi connectivity index (χ0) is 13.5. The summed E-state index contributed by atoms with van der Waals surface area (Å²) in [6.07, 6.45) is 6.41. The largest absolute Gasteiger partial charge is 0.308 e. The second kappa shape index (κ2) is 4.53. The van der Waals surface area contributed by atoms with Crippen LogP contribution in [0.5, 0.6) is 0 Å². The molecule has 1 N–H and O–H groups in total. The Balaban J connectivity index is 1.76. The van der Waals surface area contributed by atoms with Gasteiger partial charge in [-0.2, -0.15) is 0 Å². The average Bonchev–Trinajstić information content (AvgIpc) is 3.20. The van der Waals surface area contributed by atoms with Gasteiger partial charge in [-0.15, -0.1) is 0 Å². The lowest BCUT2D eigenvalue weighted by atomic mass is 9.86. The Morgan fingerprint density at radius 2 is 1.95 bits per heavy atom. The zero-order valence-electron chi connectivity index (χ0n) is 12.2. The van der Waals surface area contributed by atoms with Crippen molar-refractivity contribution in [3.05, 3.63) is 24.3 Å². The molecule has 0 bridgehead atoms. The van der Waals surface area contributed by atoms with Gasteiger partial charge in [0, 0.05) is 36.6 Å². The number of nitrogens with zero attached hydrogens (tertiary/aromatic N) is 3. The SMILES string of the molecule is CC1(C2CC2)CN(Cc2ncccn2)C(C)(C)CN1.